The number of hydrogen-bond acceptors (Lipinski definition) is 3. The van der Waals surface area contributed by atoms with Gasteiger partial charge in [0.05, 0.1) is 23.1 Å². The Hall–Kier alpha value is -2.14. The fourth-order valence-electron chi connectivity index (χ4n) is 3.08. The van der Waals surface area contributed by atoms with E-state index in [0.717, 1.165) is 55.1 Å². The predicted octanol–water partition coefficient (Wildman–Crippen LogP) is 2.13. The summed E-state index contributed by atoms with van der Waals surface area (Å²) in [6.07, 6.45) is 2.51. The third kappa shape index (κ3) is 3.01. The smallest absolute Gasteiger partial charge is 0.257 e. The standard InChI is InChI=1S/C18H24N4O/c1-4-16-15(18(23)21-11-9-20(3)10-12-21)13-19-22(16)17-8-6-5-7-14(17)2/h5-8,13H,4,9-12H2,1-3H3. The second kappa shape index (κ2) is 6.54. The van der Waals surface area contributed by atoms with Crippen molar-refractivity contribution in [1.29, 1.82) is 0 Å². The molecule has 2 heterocycles. The molecular formula is C18H24N4O. The molecule has 0 saturated carbocycles. The molecule has 1 fully saturated rings. The molecule has 2 aromatic rings. The first kappa shape index (κ1) is 15.7. The van der Waals surface area contributed by atoms with Gasteiger partial charge >= 0.3 is 0 Å². The van der Waals surface area contributed by atoms with E-state index in [1.54, 1.807) is 6.20 Å². The Labute approximate surface area is 137 Å². The minimum atomic E-state index is 0.106. The monoisotopic (exact) mass is 312 g/mol. The molecule has 5 nitrogen and oxygen atoms in total. The zero-order valence-electron chi connectivity index (χ0n) is 14.1. The molecule has 122 valence electrons. The summed E-state index contributed by atoms with van der Waals surface area (Å²) in [5.41, 5.74) is 3.93. The molecule has 0 N–H and O–H groups in total. The maximum atomic E-state index is 12.9. The largest absolute Gasteiger partial charge is 0.336 e. The number of aryl methyl sites for hydroxylation is 1. The highest BCUT2D eigenvalue weighted by atomic mass is 16.2. The van der Waals surface area contributed by atoms with Crippen molar-refractivity contribution in [2.45, 2.75) is 20.3 Å². The Balaban J connectivity index is 1.92. The van der Waals surface area contributed by atoms with Crippen molar-refractivity contribution in [1.82, 2.24) is 19.6 Å². The van der Waals surface area contributed by atoms with Crippen LogP contribution >= 0.6 is 0 Å². The van der Waals surface area contributed by atoms with E-state index in [1.807, 2.05) is 27.8 Å². The van der Waals surface area contributed by atoms with Crippen LogP contribution in [0.4, 0.5) is 0 Å². The SMILES string of the molecule is CCc1c(C(=O)N2CCN(C)CC2)cnn1-c1ccccc1C. The quantitative estimate of drug-likeness (QED) is 0.872. The molecule has 5 heteroatoms. The van der Waals surface area contributed by atoms with Crippen molar-refractivity contribution in [3.8, 4) is 5.69 Å². The third-order valence-corrected chi connectivity index (χ3v) is 4.57. The molecule has 0 aliphatic carbocycles. The molecule has 3 rings (SSSR count). The molecule has 1 aromatic heterocycles. The van der Waals surface area contributed by atoms with E-state index in [0.29, 0.717) is 0 Å². The summed E-state index contributed by atoms with van der Waals surface area (Å²) in [4.78, 5) is 17.1. The van der Waals surface area contributed by atoms with Crippen LogP contribution in [0.2, 0.25) is 0 Å². The number of hydrogen-bond donors (Lipinski definition) is 0. The molecule has 23 heavy (non-hydrogen) atoms. The van der Waals surface area contributed by atoms with Gasteiger partial charge in [-0.05, 0) is 32.0 Å². The summed E-state index contributed by atoms with van der Waals surface area (Å²) >= 11 is 0. The van der Waals surface area contributed by atoms with Crippen molar-refractivity contribution in [2.75, 3.05) is 33.2 Å². The number of carbonyl (C=O) groups excluding carboxylic acids is 1. The predicted molar refractivity (Wildman–Crippen MR) is 91.1 cm³/mol. The first-order valence-corrected chi connectivity index (χ1v) is 8.22. The van der Waals surface area contributed by atoms with Crippen LogP contribution in [-0.2, 0) is 6.42 Å². The van der Waals surface area contributed by atoms with E-state index in [4.69, 9.17) is 0 Å². The highest BCUT2D eigenvalue weighted by Gasteiger charge is 2.25. The maximum Gasteiger partial charge on any atom is 0.257 e. The van der Waals surface area contributed by atoms with Crippen molar-refractivity contribution in [3.63, 3.8) is 0 Å². The molecule has 0 radical (unpaired) electrons. The van der Waals surface area contributed by atoms with Gasteiger partial charge in [-0.15, -0.1) is 0 Å². The lowest BCUT2D eigenvalue weighted by Crippen LogP contribution is -2.47. The number of para-hydroxylation sites is 1. The number of likely N-dealkylation sites (N-methyl/N-ethyl adjacent to an activating group) is 1. The topological polar surface area (TPSA) is 41.4 Å². The van der Waals surface area contributed by atoms with E-state index in [-0.39, 0.29) is 5.91 Å². The van der Waals surface area contributed by atoms with Crippen molar-refractivity contribution >= 4 is 5.91 Å². The van der Waals surface area contributed by atoms with E-state index in [2.05, 4.69) is 37.0 Å². The number of piperazine rings is 1. The lowest BCUT2D eigenvalue weighted by Gasteiger charge is -2.32. The number of nitrogens with zero attached hydrogens (tertiary/aromatic N) is 4. The first-order valence-electron chi connectivity index (χ1n) is 8.22. The van der Waals surface area contributed by atoms with Crippen molar-refractivity contribution < 1.29 is 4.79 Å². The minimum absolute atomic E-state index is 0.106. The van der Waals surface area contributed by atoms with Gasteiger partial charge in [-0.2, -0.15) is 5.10 Å². The van der Waals surface area contributed by atoms with E-state index in [1.165, 1.54) is 0 Å². The van der Waals surface area contributed by atoms with Gasteiger partial charge in [-0.1, -0.05) is 25.1 Å². The van der Waals surface area contributed by atoms with Gasteiger partial charge in [0.1, 0.15) is 0 Å². The molecule has 0 bridgehead atoms. The lowest BCUT2D eigenvalue weighted by atomic mass is 10.1. The molecule has 1 saturated heterocycles. The summed E-state index contributed by atoms with van der Waals surface area (Å²) in [5, 5.41) is 4.51. The van der Waals surface area contributed by atoms with Crippen LogP contribution < -0.4 is 0 Å². The Morgan fingerprint density at radius 2 is 1.87 bits per heavy atom. The van der Waals surface area contributed by atoms with Gasteiger partial charge in [0.15, 0.2) is 0 Å². The zero-order valence-corrected chi connectivity index (χ0v) is 14.1. The number of amides is 1. The van der Waals surface area contributed by atoms with Crippen LogP contribution in [0.5, 0.6) is 0 Å². The van der Waals surface area contributed by atoms with E-state index in [9.17, 15) is 4.79 Å². The van der Waals surface area contributed by atoms with Gasteiger partial charge < -0.3 is 9.80 Å². The second-order valence-electron chi connectivity index (χ2n) is 6.15. The van der Waals surface area contributed by atoms with E-state index >= 15 is 0 Å². The van der Waals surface area contributed by atoms with Crippen LogP contribution in [-0.4, -0.2) is 58.7 Å². The average molecular weight is 312 g/mol. The maximum absolute atomic E-state index is 12.9. The second-order valence-corrected chi connectivity index (χ2v) is 6.15. The zero-order chi connectivity index (χ0) is 16.4. The molecule has 1 aliphatic rings. The van der Waals surface area contributed by atoms with E-state index < -0.39 is 0 Å². The fraction of sp³-hybridized carbons (Fsp3) is 0.444. The van der Waals surface area contributed by atoms with Crippen LogP contribution in [0.1, 0.15) is 28.5 Å². The Kier molecular flexibility index (Phi) is 4.48. The van der Waals surface area contributed by atoms with Crippen molar-refractivity contribution in [2.24, 2.45) is 0 Å². The molecule has 0 unspecified atom stereocenters. The molecule has 1 amide bonds. The minimum Gasteiger partial charge on any atom is -0.336 e. The summed E-state index contributed by atoms with van der Waals surface area (Å²) in [6.45, 7) is 7.57. The fourth-order valence-corrected chi connectivity index (χ4v) is 3.08. The highest BCUT2D eigenvalue weighted by Crippen LogP contribution is 2.20. The van der Waals surface area contributed by atoms with Gasteiger partial charge in [-0.3, -0.25) is 4.79 Å². The number of benzene rings is 1. The summed E-state index contributed by atoms with van der Waals surface area (Å²) in [7, 11) is 2.09. The van der Waals surface area contributed by atoms with Crippen LogP contribution in [0.3, 0.4) is 0 Å². The van der Waals surface area contributed by atoms with Crippen molar-refractivity contribution in [3.05, 3.63) is 47.3 Å². The Bertz CT molecular complexity index is 699. The Morgan fingerprint density at radius 1 is 1.17 bits per heavy atom. The summed E-state index contributed by atoms with van der Waals surface area (Å²) in [6, 6.07) is 8.14. The molecule has 0 atom stereocenters. The van der Waals surface area contributed by atoms with Gasteiger partial charge in [0.25, 0.3) is 5.91 Å². The molecule has 0 spiro atoms. The molecular weight excluding hydrogens is 288 g/mol. The highest BCUT2D eigenvalue weighted by molar-refractivity contribution is 5.95. The number of rotatable bonds is 3. The molecule has 1 aromatic carbocycles. The van der Waals surface area contributed by atoms with Gasteiger partial charge in [0, 0.05) is 26.2 Å². The van der Waals surface area contributed by atoms with Crippen LogP contribution in [0, 0.1) is 6.92 Å². The third-order valence-electron chi connectivity index (χ3n) is 4.57. The van der Waals surface area contributed by atoms with Gasteiger partial charge in [0.2, 0.25) is 0 Å². The van der Waals surface area contributed by atoms with Crippen LogP contribution in [0.15, 0.2) is 30.5 Å². The molecule has 1 aliphatic heterocycles. The number of aromatic nitrogens is 2. The normalized spacial score (nSPS) is 15.9. The van der Waals surface area contributed by atoms with Gasteiger partial charge in [-0.25, -0.2) is 4.68 Å². The first-order chi connectivity index (χ1) is 11.1. The average Bonchev–Trinajstić information content (AvgIpc) is 2.99. The summed E-state index contributed by atoms with van der Waals surface area (Å²) < 4.78 is 1.92. The van der Waals surface area contributed by atoms with Crippen LogP contribution in [0.25, 0.3) is 5.69 Å². The number of carbonyl (C=O) groups is 1. The lowest BCUT2D eigenvalue weighted by molar-refractivity contribution is 0.0663. The summed E-state index contributed by atoms with van der Waals surface area (Å²) in [5.74, 6) is 0.106. The Morgan fingerprint density at radius 3 is 2.52 bits per heavy atom.